The Morgan fingerprint density at radius 2 is 1.63 bits per heavy atom. The first-order valence-electron chi connectivity index (χ1n) is 14.0. The molecule has 0 saturated carbocycles. The molecule has 41 heavy (non-hydrogen) atoms. The standard InChI is InChI=1S/C31H46N2O7S/c1-9-30(4,5)22-13-15-26(24(19-22)31(6,7)10-2)40-18-12-17-32-41(36,37)23-14-16-27(38-8)25(20-23)33-28(39-11-3)21-29(34)35/h13-16,19-21,32-33H,9-12,17-18H2,1-8H3,(H,34,35)/b28-21-. The highest BCUT2D eigenvalue weighted by molar-refractivity contribution is 7.89. The number of anilines is 1. The lowest BCUT2D eigenvalue weighted by atomic mass is 9.76. The maximum atomic E-state index is 13.0. The van der Waals surface area contributed by atoms with Gasteiger partial charge in [0.05, 0.1) is 37.0 Å². The van der Waals surface area contributed by atoms with Gasteiger partial charge in [0, 0.05) is 12.1 Å². The molecule has 0 aromatic heterocycles. The summed E-state index contributed by atoms with van der Waals surface area (Å²) in [6.45, 7) is 15.7. The molecule has 0 aliphatic carbocycles. The van der Waals surface area contributed by atoms with Gasteiger partial charge in [0.2, 0.25) is 10.0 Å². The predicted molar refractivity (Wildman–Crippen MR) is 162 cm³/mol. The molecular formula is C31H46N2O7S. The molecule has 10 heteroatoms. The highest BCUT2D eigenvalue weighted by Crippen LogP contribution is 2.38. The maximum absolute atomic E-state index is 13.0. The van der Waals surface area contributed by atoms with E-state index in [1.54, 1.807) is 6.92 Å². The summed E-state index contributed by atoms with van der Waals surface area (Å²) in [6, 6.07) is 10.7. The van der Waals surface area contributed by atoms with Gasteiger partial charge in [-0.1, -0.05) is 53.7 Å². The van der Waals surface area contributed by atoms with Crippen molar-refractivity contribution < 1.29 is 32.5 Å². The van der Waals surface area contributed by atoms with E-state index >= 15 is 0 Å². The summed E-state index contributed by atoms with van der Waals surface area (Å²) in [4.78, 5) is 11.1. The van der Waals surface area contributed by atoms with Gasteiger partial charge in [-0.05, 0) is 66.8 Å². The number of hydrogen-bond acceptors (Lipinski definition) is 7. The van der Waals surface area contributed by atoms with Crippen LogP contribution in [0.5, 0.6) is 11.5 Å². The number of nitrogens with one attached hydrogen (secondary N) is 2. The Labute approximate surface area is 245 Å². The van der Waals surface area contributed by atoms with Crippen LogP contribution in [0.1, 0.15) is 78.9 Å². The number of carbonyl (C=O) groups is 1. The zero-order chi connectivity index (χ0) is 30.8. The van der Waals surface area contributed by atoms with Crippen LogP contribution in [0.25, 0.3) is 0 Å². The van der Waals surface area contributed by atoms with Gasteiger partial charge in [-0.3, -0.25) is 0 Å². The second-order valence-corrected chi connectivity index (χ2v) is 12.8. The quantitative estimate of drug-likeness (QED) is 0.113. The predicted octanol–water partition coefficient (Wildman–Crippen LogP) is 6.19. The van der Waals surface area contributed by atoms with E-state index in [4.69, 9.17) is 19.3 Å². The van der Waals surface area contributed by atoms with E-state index in [2.05, 4.69) is 63.7 Å². The molecule has 0 fully saturated rings. The number of rotatable bonds is 17. The fraction of sp³-hybridized carbons (Fsp3) is 0.516. The molecule has 0 aliphatic rings. The zero-order valence-corrected chi connectivity index (χ0v) is 26.4. The Balaban J connectivity index is 2.12. The van der Waals surface area contributed by atoms with Gasteiger partial charge in [0.1, 0.15) is 11.5 Å². The lowest BCUT2D eigenvalue weighted by Gasteiger charge is -2.30. The van der Waals surface area contributed by atoms with Crippen molar-refractivity contribution in [3.05, 3.63) is 59.5 Å². The molecule has 9 nitrogen and oxygen atoms in total. The van der Waals surface area contributed by atoms with Gasteiger partial charge in [-0.25, -0.2) is 17.9 Å². The number of ether oxygens (including phenoxy) is 3. The first kappa shape index (κ1) is 34.0. The average molecular weight is 591 g/mol. The number of hydrogen-bond donors (Lipinski definition) is 3. The largest absolute Gasteiger partial charge is 0.495 e. The summed E-state index contributed by atoms with van der Waals surface area (Å²) in [7, 11) is -2.43. The van der Waals surface area contributed by atoms with Crippen LogP contribution < -0.4 is 19.5 Å². The molecule has 0 unspecified atom stereocenters. The van der Waals surface area contributed by atoms with E-state index in [-0.39, 0.29) is 40.4 Å². The van der Waals surface area contributed by atoms with E-state index in [1.165, 1.54) is 30.9 Å². The summed E-state index contributed by atoms with van der Waals surface area (Å²) in [5.41, 5.74) is 2.67. The van der Waals surface area contributed by atoms with Crippen molar-refractivity contribution >= 4 is 21.7 Å². The summed E-state index contributed by atoms with van der Waals surface area (Å²) < 4.78 is 45.5. The Hall–Kier alpha value is -3.24. The smallest absolute Gasteiger partial charge is 0.333 e. The molecule has 0 heterocycles. The topological polar surface area (TPSA) is 123 Å². The lowest BCUT2D eigenvalue weighted by Crippen LogP contribution is -2.26. The van der Waals surface area contributed by atoms with Gasteiger partial charge in [-0.2, -0.15) is 0 Å². The first-order chi connectivity index (χ1) is 19.2. The Bertz CT molecular complexity index is 1320. The van der Waals surface area contributed by atoms with Crippen LogP contribution in [-0.4, -0.2) is 46.4 Å². The summed E-state index contributed by atoms with van der Waals surface area (Å²) in [6.07, 6.45) is 3.30. The van der Waals surface area contributed by atoms with Crippen LogP contribution in [0, 0.1) is 0 Å². The SMILES string of the molecule is CCO/C(=C\C(=O)O)Nc1cc(S(=O)(=O)NCCCOc2ccc(C(C)(C)CC)cc2C(C)(C)CC)ccc1OC. The summed E-state index contributed by atoms with van der Waals surface area (Å²) >= 11 is 0. The average Bonchev–Trinajstić information content (AvgIpc) is 2.92. The molecule has 0 atom stereocenters. The molecule has 2 aromatic rings. The number of carboxylic acid groups (broad SMARTS) is 1. The molecule has 0 bridgehead atoms. The Kier molecular flexibility index (Phi) is 12.1. The second-order valence-electron chi connectivity index (χ2n) is 11.1. The number of carboxylic acids is 1. The molecule has 2 rings (SSSR count). The summed E-state index contributed by atoms with van der Waals surface area (Å²) in [5, 5.41) is 11.9. The van der Waals surface area contributed by atoms with Crippen molar-refractivity contribution in [1.82, 2.24) is 4.72 Å². The van der Waals surface area contributed by atoms with Gasteiger partial charge in [-0.15, -0.1) is 0 Å². The molecule has 0 radical (unpaired) electrons. The van der Waals surface area contributed by atoms with E-state index in [1.807, 2.05) is 6.07 Å². The molecule has 0 aliphatic heterocycles. The fourth-order valence-corrected chi connectivity index (χ4v) is 5.11. The van der Waals surface area contributed by atoms with Crippen molar-refractivity contribution in [1.29, 1.82) is 0 Å². The molecule has 0 saturated heterocycles. The van der Waals surface area contributed by atoms with Crippen LogP contribution in [-0.2, 0) is 30.4 Å². The maximum Gasteiger partial charge on any atom is 0.333 e. The molecular weight excluding hydrogens is 544 g/mol. The van der Waals surface area contributed by atoms with Gasteiger partial charge in [0.25, 0.3) is 0 Å². The van der Waals surface area contributed by atoms with Crippen LogP contribution in [0.2, 0.25) is 0 Å². The van der Waals surface area contributed by atoms with E-state index in [0.717, 1.165) is 30.2 Å². The highest BCUT2D eigenvalue weighted by Gasteiger charge is 2.26. The Morgan fingerprint density at radius 3 is 2.22 bits per heavy atom. The molecule has 228 valence electrons. The normalized spacial score (nSPS) is 12.6. The van der Waals surface area contributed by atoms with Crippen LogP contribution in [0.3, 0.4) is 0 Å². The second kappa shape index (κ2) is 14.6. The van der Waals surface area contributed by atoms with E-state index in [9.17, 15) is 13.2 Å². The molecule has 2 aromatic carbocycles. The number of methoxy groups -OCH3 is 1. The van der Waals surface area contributed by atoms with E-state index < -0.39 is 16.0 Å². The minimum Gasteiger partial charge on any atom is -0.495 e. The van der Waals surface area contributed by atoms with Gasteiger partial charge < -0.3 is 24.6 Å². The van der Waals surface area contributed by atoms with Crippen molar-refractivity contribution in [3.63, 3.8) is 0 Å². The summed E-state index contributed by atoms with van der Waals surface area (Å²) in [5.74, 6) is -0.109. The van der Waals surface area contributed by atoms with Crippen molar-refractivity contribution in [3.8, 4) is 11.5 Å². The number of benzene rings is 2. The fourth-order valence-electron chi connectivity index (χ4n) is 4.01. The minimum absolute atomic E-state index is 0.00555. The van der Waals surface area contributed by atoms with E-state index in [0.29, 0.717) is 18.8 Å². The van der Waals surface area contributed by atoms with Crippen LogP contribution >= 0.6 is 0 Å². The highest BCUT2D eigenvalue weighted by atomic mass is 32.2. The number of aliphatic carboxylic acids is 1. The lowest BCUT2D eigenvalue weighted by molar-refractivity contribution is -0.131. The third kappa shape index (κ3) is 9.39. The van der Waals surface area contributed by atoms with Crippen molar-refractivity contribution in [2.45, 2.75) is 83.5 Å². The zero-order valence-electron chi connectivity index (χ0n) is 25.6. The van der Waals surface area contributed by atoms with Crippen LogP contribution in [0.15, 0.2) is 53.3 Å². The van der Waals surface area contributed by atoms with Crippen molar-refractivity contribution in [2.24, 2.45) is 0 Å². The molecule has 0 amide bonds. The molecule has 3 N–H and O–H groups in total. The number of sulfonamides is 1. The minimum atomic E-state index is -3.86. The molecule has 0 spiro atoms. The van der Waals surface area contributed by atoms with Gasteiger partial charge in [0.15, 0.2) is 5.88 Å². The Morgan fingerprint density at radius 1 is 0.976 bits per heavy atom. The first-order valence-corrected chi connectivity index (χ1v) is 15.5. The third-order valence-corrected chi connectivity index (χ3v) is 8.88. The van der Waals surface area contributed by atoms with Crippen LogP contribution in [0.4, 0.5) is 5.69 Å². The van der Waals surface area contributed by atoms with Crippen molar-refractivity contribution in [2.75, 3.05) is 32.2 Å². The monoisotopic (exact) mass is 590 g/mol. The van der Waals surface area contributed by atoms with Gasteiger partial charge >= 0.3 is 5.97 Å². The third-order valence-electron chi connectivity index (χ3n) is 7.42.